The van der Waals surface area contributed by atoms with Crippen molar-refractivity contribution in [3.63, 3.8) is 0 Å². The number of aryl methyl sites for hydroxylation is 2. The van der Waals surface area contributed by atoms with Crippen molar-refractivity contribution in [2.75, 3.05) is 0 Å². The van der Waals surface area contributed by atoms with Crippen LogP contribution in [0.3, 0.4) is 0 Å². The fourth-order valence-electron chi connectivity index (χ4n) is 4.60. The van der Waals surface area contributed by atoms with Crippen molar-refractivity contribution in [3.8, 4) is 0 Å². The number of carbonyl (C=O) groups excluding carboxylic acids is 1. The molecule has 1 aliphatic rings. The van der Waals surface area contributed by atoms with Gasteiger partial charge in [0.05, 0.1) is 0 Å². The predicted octanol–water partition coefficient (Wildman–Crippen LogP) is 2.29. The Labute approximate surface area is 188 Å². The summed E-state index contributed by atoms with van der Waals surface area (Å²) in [7, 11) is 0. The molecule has 0 spiro atoms. The first kappa shape index (κ1) is 24.2. The molecular formula is C23H37N5O4. The van der Waals surface area contributed by atoms with Crippen molar-refractivity contribution in [2.24, 2.45) is 0 Å². The Morgan fingerprint density at radius 2 is 1.69 bits per heavy atom. The van der Waals surface area contributed by atoms with Crippen molar-refractivity contribution >= 4 is 17.1 Å². The second-order valence-corrected chi connectivity index (χ2v) is 8.80. The number of fused-ring (bicyclic) bond motifs is 1. The molecule has 0 aromatic carbocycles. The van der Waals surface area contributed by atoms with Crippen molar-refractivity contribution in [3.05, 3.63) is 26.7 Å². The van der Waals surface area contributed by atoms with Gasteiger partial charge in [0.2, 0.25) is 5.91 Å². The molecule has 9 nitrogen and oxygen atoms in total. The molecule has 0 bridgehead atoms. The lowest BCUT2D eigenvalue weighted by Gasteiger charge is -2.21. The lowest BCUT2D eigenvalue weighted by Crippen LogP contribution is -2.46. The lowest BCUT2D eigenvalue weighted by atomic mass is 9.97. The van der Waals surface area contributed by atoms with Crippen LogP contribution < -0.4 is 16.6 Å². The summed E-state index contributed by atoms with van der Waals surface area (Å²) in [6.07, 6.45) is 10.0. The van der Waals surface area contributed by atoms with E-state index in [4.69, 9.17) is 0 Å². The van der Waals surface area contributed by atoms with Crippen LogP contribution in [0.25, 0.3) is 11.2 Å². The summed E-state index contributed by atoms with van der Waals surface area (Å²) < 4.78 is 4.20. The number of aromatic nitrogens is 4. The quantitative estimate of drug-likeness (QED) is 0.613. The smallest absolute Gasteiger partial charge is 0.333 e. The van der Waals surface area contributed by atoms with E-state index in [2.05, 4.69) is 10.3 Å². The predicted molar refractivity (Wildman–Crippen MR) is 124 cm³/mol. The third kappa shape index (κ3) is 5.31. The maximum atomic E-state index is 13.4. The average molecular weight is 448 g/mol. The van der Waals surface area contributed by atoms with Crippen LogP contribution in [0, 0.1) is 0 Å². The number of rotatable bonds is 9. The van der Waals surface area contributed by atoms with Crippen LogP contribution in [0.2, 0.25) is 0 Å². The number of nitrogens with zero attached hydrogens (tertiary/aromatic N) is 4. The number of unbranched alkanes of at least 4 members (excludes halogenated alkanes) is 1. The van der Waals surface area contributed by atoms with Gasteiger partial charge in [0.25, 0.3) is 5.56 Å². The van der Waals surface area contributed by atoms with E-state index >= 15 is 0 Å². The number of amides is 1. The molecule has 3 rings (SSSR count). The highest BCUT2D eigenvalue weighted by Gasteiger charge is 2.23. The van der Waals surface area contributed by atoms with Gasteiger partial charge in [0.1, 0.15) is 19.0 Å². The molecule has 0 saturated heterocycles. The topological polar surface area (TPSA) is 111 Å². The van der Waals surface area contributed by atoms with Gasteiger partial charge in [-0.25, -0.2) is 14.3 Å². The molecule has 0 aliphatic heterocycles. The highest BCUT2D eigenvalue weighted by Crippen LogP contribution is 2.17. The highest BCUT2D eigenvalue weighted by molar-refractivity contribution is 5.77. The van der Waals surface area contributed by atoms with Crippen LogP contribution in [0.4, 0.5) is 0 Å². The van der Waals surface area contributed by atoms with E-state index in [-0.39, 0.29) is 30.6 Å². The third-order valence-electron chi connectivity index (χ3n) is 6.29. The zero-order valence-corrected chi connectivity index (χ0v) is 19.4. The summed E-state index contributed by atoms with van der Waals surface area (Å²) in [5.41, 5.74) is -0.464. The Balaban J connectivity index is 1.99. The Morgan fingerprint density at radius 1 is 1.00 bits per heavy atom. The molecule has 9 heteroatoms. The molecule has 2 aromatic rings. The number of hydrogen-bond donors (Lipinski definition) is 2. The molecule has 2 N–H and O–H groups in total. The molecule has 178 valence electrons. The van der Waals surface area contributed by atoms with Crippen LogP contribution in [-0.4, -0.2) is 35.7 Å². The van der Waals surface area contributed by atoms with Gasteiger partial charge >= 0.3 is 5.69 Å². The number of carbonyl (C=O) groups is 1. The second kappa shape index (κ2) is 11.4. The van der Waals surface area contributed by atoms with Gasteiger partial charge in [-0.05, 0) is 25.7 Å². The molecule has 2 heterocycles. The number of aliphatic hydroxyl groups is 1. The van der Waals surface area contributed by atoms with E-state index in [1.807, 2.05) is 13.8 Å². The van der Waals surface area contributed by atoms with Crippen LogP contribution in [-0.2, 0) is 31.0 Å². The SMILES string of the molecule is CCCCn1c(=O)n(CC(=O)NC2CCCCCCC2)c(=O)c2c1nc(CO)n2CCC. The molecule has 1 amide bonds. The second-order valence-electron chi connectivity index (χ2n) is 8.80. The summed E-state index contributed by atoms with van der Waals surface area (Å²) in [6.45, 7) is 4.28. The van der Waals surface area contributed by atoms with Crippen LogP contribution >= 0.6 is 0 Å². The van der Waals surface area contributed by atoms with E-state index < -0.39 is 11.2 Å². The van der Waals surface area contributed by atoms with Gasteiger partial charge in [-0.15, -0.1) is 0 Å². The van der Waals surface area contributed by atoms with E-state index in [1.54, 1.807) is 4.57 Å². The monoisotopic (exact) mass is 447 g/mol. The van der Waals surface area contributed by atoms with Gasteiger partial charge in [0.15, 0.2) is 11.2 Å². The summed E-state index contributed by atoms with van der Waals surface area (Å²) in [5.74, 6) is 0.0559. The minimum absolute atomic E-state index is 0.0937. The van der Waals surface area contributed by atoms with Crippen molar-refractivity contribution in [1.29, 1.82) is 0 Å². The van der Waals surface area contributed by atoms with E-state index in [9.17, 15) is 19.5 Å². The van der Waals surface area contributed by atoms with Gasteiger partial charge in [-0.1, -0.05) is 52.4 Å². The molecule has 0 radical (unpaired) electrons. The summed E-state index contributed by atoms with van der Waals surface area (Å²) in [4.78, 5) is 43.8. The fourth-order valence-corrected chi connectivity index (χ4v) is 4.60. The van der Waals surface area contributed by atoms with E-state index in [0.29, 0.717) is 24.6 Å². The maximum absolute atomic E-state index is 13.4. The van der Waals surface area contributed by atoms with Gasteiger partial charge in [0, 0.05) is 19.1 Å². The maximum Gasteiger partial charge on any atom is 0.333 e. The molecule has 0 unspecified atom stereocenters. The Kier molecular flexibility index (Phi) is 8.67. The minimum atomic E-state index is -0.522. The van der Waals surface area contributed by atoms with Gasteiger partial charge in [-0.2, -0.15) is 0 Å². The number of imidazole rings is 1. The number of hydrogen-bond acceptors (Lipinski definition) is 5. The van der Waals surface area contributed by atoms with Crippen molar-refractivity contribution in [2.45, 2.75) is 110 Å². The normalized spacial score (nSPS) is 15.6. The van der Waals surface area contributed by atoms with Crippen LogP contribution in [0.15, 0.2) is 9.59 Å². The van der Waals surface area contributed by atoms with Crippen molar-refractivity contribution < 1.29 is 9.90 Å². The number of nitrogens with one attached hydrogen (secondary N) is 1. The molecule has 2 aromatic heterocycles. The first-order chi connectivity index (χ1) is 15.5. The Morgan fingerprint density at radius 3 is 2.31 bits per heavy atom. The van der Waals surface area contributed by atoms with E-state index in [1.165, 1.54) is 23.8 Å². The molecule has 0 atom stereocenters. The van der Waals surface area contributed by atoms with Gasteiger partial charge in [-0.3, -0.25) is 14.2 Å². The summed E-state index contributed by atoms with van der Waals surface area (Å²) in [5, 5.41) is 12.8. The van der Waals surface area contributed by atoms with E-state index in [0.717, 1.165) is 49.5 Å². The Bertz CT molecular complexity index is 1030. The van der Waals surface area contributed by atoms with Crippen LogP contribution in [0.1, 0.15) is 83.9 Å². The third-order valence-corrected chi connectivity index (χ3v) is 6.29. The lowest BCUT2D eigenvalue weighted by molar-refractivity contribution is -0.122. The molecule has 32 heavy (non-hydrogen) atoms. The summed E-state index contributed by atoms with van der Waals surface area (Å²) in [6, 6.07) is 0.0937. The first-order valence-electron chi connectivity index (χ1n) is 12.1. The largest absolute Gasteiger partial charge is 0.388 e. The minimum Gasteiger partial charge on any atom is -0.388 e. The highest BCUT2D eigenvalue weighted by atomic mass is 16.3. The first-order valence-corrected chi connectivity index (χ1v) is 12.1. The number of aliphatic hydroxyl groups excluding tert-OH is 1. The van der Waals surface area contributed by atoms with Crippen LogP contribution in [0.5, 0.6) is 0 Å². The van der Waals surface area contributed by atoms with Gasteiger partial charge < -0.3 is 15.0 Å². The Hall–Kier alpha value is -2.42. The zero-order chi connectivity index (χ0) is 23.1. The fraction of sp³-hybridized carbons (Fsp3) is 0.739. The summed E-state index contributed by atoms with van der Waals surface area (Å²) >= 11 is 0. The molecule has 1 saturated carbocycles. The average Bonchev–Trinajstić information content (AvgIpc) is 3.11. The standard InChI is InChI=1S/C23H37N5O4/c1-3-5-14-27-21-20(26(13-4-2)18(16-29)25-21)22(31)28(23(27)32)15-19(30)24-17-11-9-7-6-8-10-12-17/h17,29H,3-16H2,1-2H3,(H,24,30). The molecule has 1 fully saturated rings. The molecule has 1 aliphatic carbocycles. The van der Waals surface area contributed by atoms with Crippen molar-refractivity contribution in [1.82, 2.24) is 24.0 Å². The molecular weight excluding hydrogens is 410 g/mol. The zero-order valence-electron chi connectivity index (χ0n) is 19.4.